The minimum Gasteiger partial charge on any atom is -0.322 e. The quantitative estimate of drug-likeness (QED) is 0.0524. The van der Waals surface area contributed by atoms with Crippen LogP contribution in [0.15, 0.2) is 12.2 Å². The molecule has 1 unspecified atom stereocenters. The van der Waals surface area contributed by atoms with Crippen LogP contribution in [-0.2, 0) is 13.6 Å². The van der Waals surface area contributed by atoms with E-state index in [2.05, 4.69) is 26.0 Å². The molecule has 5 nitrogen and oxygen atoms in total. The zero-order chi connectivity index (χ0) is 26.2. The lowest BCUT2D eigenvalue weighted by Crippen LogP contribution is -2.47. The molecule has 1 atom stereocenters. The van der Waals surface area contributed by atoms with Crippen molar-refractivity contribution in [2.75, 3.05) is 39.4 Å². The molecule has 1 aliphatic rings. The second kappa shape index (κ2) is 22.8. The number of phosphoric acid groups is 1. The molecule has 1 fully saturated rings. The number of likely N-dealkylation sites (tertiary alicyclic amines) is 1. The maximum absolute atomic E-state index is 12.1. The van der Waals surface area contributed by atoms with Crippen LogP contribution in [0.3, 0.4) is 0 Å². The molecule has 0 spiro atoms. The average Bonchev–Trinajstić information content (AvgIpc) is 3.34. The summed E-state index contributed by atoms with van der Waals surface area (Å²) in [6.45, 7) is 9.28. The number of nitrogens with zero attached hydrogens (tertiary/aromatic N) is 1. The van der Waals surface area contributed by atoms with Gasteiger partial charge in [-0.15, -0.1) is 0 Å². The Morgan fingerprint density at radius 2 is 1.11 bits per heavy atom. The van der Waals surface area contributed by atoms with Gasteiger partial charge < -0.3 is 9.38 Å². The number of allylic oxidation sites excluding steroid dienone is 2. The Morgan fingerprint density at radius 3 is 1.61 bits per heavy atom. The van der Waals surface area contributed by atoms with Crippen LogP contribution in [0.2, 0.25) is 0 Å². The largest absolute Gasteiger partial charge is 0.472 e. The molecule has 0 aromatic rings. The van der Waals surface area contributed by atoms with Crippen LogP contribution in [0.4, 0.5) is 0 Å². The smallest absolute Gasteiger partial charge is 0.322 e. The number of rotatable bonds is 26. The molecule has 36 heavy (non-hydrogen) atoms. The summed E-state index contributed by atoms with van der Waals surface area (Å²) in [4.78, 5) is 9.90. The highest BCUT2D eigenvalue weighted by molar-refractivity contribution is 7.47. The van der Waals surface area contributed by atoms with Crippen LogP contribution >= 0.6 is 7.82 Å². The maximum Gasteiger partial charge on any atom is 0.472 e. The lowest BCUT2D eigenvalue weighted by atomic mass is 10.1. The molecule has 0 radical (unpaired) electrons. The van der Waals surface area contributed by atoms with Crippen molar-refractivity contribution in [3.63, 3.8) is 0 Å². The third kappa shape index (κ3) is 19.0. The summed E-state index contributed by atoms with van der Waals surface area (Å²) in [5, 5.41) is 0. The molecule has 0 aliphatic carbocycles. The molecule has 1 aliphatic heterocycles. The van der Waals surface area contributed by atoms with E-state index in [1.165, 1.54) is 116 Å². The summed E-state index contributed by atoms with van der Waals surface area (Å²) < 4.78 is 23.5. The van der Waals surface area contributed by atoms with Gasteiger partial charge in [0, 0.05) is 12.8 Å². The maximum atomic E-state index is 12.1. The second-order valence-corrected chi connectivity index (χ2v) is 12.5. The molecule has 0 saturated carbocycles. The van der Waals surface area contributed by atoms with E-state index in [0.29, 0.717) is 13.2 Å². The van der Waals surface area contributed by atoms with Crippen LogP contribution in [0, 0.1) is 0 Å². The minimum atomic E-state index is -3.90. The number of hydrogen-bond donors (Lipinski definition) is 1. The first kappa shape index (κ1) is 33.8. The summed E-state index contributed by atoms with van der Waals surface area (Å²) in [6.07, 6.45) is 30.5. The summed E-state index contributed by atoms with van der Waals surface area (Å²) in [6, 6.07) is 0. The number of unbranched alkanes of at least 4 members (excludes halogenated alkanes) is 16. The molecule has 0 aromatic heterocycles. The highest BCUT2D eigenvalue weighted by Gasteiger charge is 2.31. The number of hydrogen-bond acceptors (Lipinski definition) is 3. The number of phosphoric ester groups is 1. The van der Waals surface area contributed by atoms with Crippen LogP contribution < -0.4 is 0 Å². The van der Waals surface area contributed by atoms with E-state index in [-0.39, 0.29) is 0 Å². The molecule has 1 N–H and O–H groups in total. The van der Waals surface area contributed by atoms with Gasteiger partial charge in [-0.05, 0) is 39.0 Å². The predicted molar refractivity (Wildman–Crippen MR) is 154 cm³/mol. The van der Waals surface area contributed by atoms with E-state index in [9.17, 15) is 9.46 Å². The van der Waals surface area contributed by atoms with Gasteiger partial charge in [-0.1, -0.05) is 103 Å². The highest BCUT2D eigenvalue weighted by atomic mass is 31.2. The van der Waals surface area contributed by atoms with Crippen molar-refractivity contribution in [3.8, 4) is 0 Å². The van der Waals surface area contributed by atoms with Crippen molar-refractivity contribution >= 4 is 7.82 Å². The van der Waals surface area contributed by atoms with Crippen LogP contribution in [0.25, 0.3) is 0 Å². The van der Waals surface area contributed by atoms with Gasteiger partial charge in [0.05, 0.1) is 26.2 Å². The van der Waals surface area contributed by atoms with Crippen molar-refractivity contribution in [2.45, 2.75) is 142 Å². The second-order valence-electron chi connectivity index (χ2n) is 11.0. The Morgan fingerprint density at radius 1 is 0.667 bits per heavy atom. The van der Waals surface area contributed by atoms with E-state index >= 15 is 0 Å². The number of quaternary nitrogens is 1. The molecule has 0 bridgehead atoms. The van der Waals surface area contributed by atoms with E-state index in [0.717, 1.165) is 43.5 Å². The Kier molecular flexibility index (Phi) is 21.4. The van der Waals surface area contributed by atoms with Gasteiger partial charge in [0.2, 0.25) is 0 Å². The first-order valence-corrected chi connectivity index (χ1v) is 17.1. The molecule has 1 saturated heterocycles. The van der Waals surface area contributed by atoms with E-state index < -0.39 is 7.82 Å². The first-order valence-electron chi connectivity index (χ1n) is 15.7. The SMILES string of the molecule is CCCCCCCCC=CCCCCCCCCCCCCOP(=O)(O)OCC[N+]1(CC)CCCC1. The summed E-state index contributed by atoms with van der Waals surface area (Å²) >= 11 is 0. The molecular weight excluding hydrogens is 469 g/mol. The van der Waals surface area contributed by atoms with Gasteiger partial charge in [0.25, 0.3) is 0 Å². The molecule has 6 heteroatoms. The molecule has 1 heterocycles. The normalized spacial score (nSPS) is 17.2. The third-order valence-corrected chi connectivity index (χ3v) is 8.93. The Balaban J connectivity index is 1.81. The summed E-state index contributed by atoms with van der Waals surface area (Å²) in [5.41, 5.74) is 0. The van der Waals surface area contributed by atoms with Crippen molar-refractivity contribution in [3.05, 3.63) is 12.2 Å². The first-order chi connectivity index (χ1) is 17.5. The van der Waals surface area contributed by atoms with Crippen molar-refractivity contribution in [2.24, 2.45) is 0 Å². The fraction of sp³-hybridized carbons (Fsp3) is 0.933. The van der Waals surface area contributed by atoms with E-state index in [4.69, 9.17) is 9.05 Å². The summed E-state index contributed by atoms with van der Waals surface area (Å²) in [5.74, 6) is 0. The van der Waals surface area contributed by atoms with Gasteiger partial charge in [-0.2, -0.15) is 0 Å². The monoisotopic (exact) mass is 530 g/mol. The van der Waals surface area contributed by atoms with Crippen LogP contribution in [-0.4, -0.2) is 48.8 Å². The average molecular weight is 531 g/mol. The minimum absolute atomic E-state index is 0.303. The Bertz CT molecular complexity index is 563. The van der Waals surface area contributed by atoms with Crippen molar-refractivity contribution in [1.82, 2.24) is 0 Å². The van der Waals surface area contributed by atoms with Gasteiger partial charge in [0.15, 0.2) is 0 Å². The Hall–Kier alpha value is -0.190. The van der Waals surface area contributed by atoms with Gasteiger partial charge >= 0.3 is 7.82 Å². The van der Waals surface area contributed by atoms with Crippen LogP contribution in [0.1, 0.15) is 142 Å². The van der Waals surface area contributed by atoms with E-state index in [1.54, 1.807) is 0 Å². The standard InChI is InChI=1S/C30H60NO4P/c1-3-5-6-7-8-9-10-11-12-13-14-15-16-17-18-19-20-21-22-25-29-34-36(32,33)35-30-28-31(4-2)26-23-24-27-31/h11-12H,3-10,13-30H2,1-2H3/p+1. The fourth-order valence-corrected chi connectivity index (χ4v) is 6.07. The van der Waals surface area contributed by atoms with Gasteiger partial charge in [-0.3, -0.25) is 9.05 Å². The van der Waals surface area contributed by atoms with Crippen LogP contribution in [0.5, 0.6) is 0 Å². The molecular formula is C30H61NO4P+. The Labute approximate surface area is 224 Å². The lowest BCUT2D eigenvalue weighted by Gasteiger charge is -2.32. The zero-order valence-corrected chi connectivity index (χ0v) is 25.0. The van der Waals surface area contributed by atoms with Gasteiger partial charge in [-0.25, -0.2) is 4.57 Å². The molecule has 214 valence electrons. The summed E-state index contributed by atoms with van der Waals surface area (Å²) in [7, 11) is -3.90. The predicted octanol–water partition coefficient (Wildman–Crippen LogP) is 9.35. The molecule has 0 aromatic carbocycles. The number of likely N-dealkylation sites (N-methyl/N-ethyl adjacent to an activating group) is 1. The van der Waals surface area contributed by atoms with Crippen molar-refractivity contribution < 1.29 is 23.0 Å². The van der Waals surface area contributed by atoms with Crippen molar-refractivity contribution in [1.29, 1.82) is 0 Å². The third-order valence-electron chi connectivity index (χ3n) is 7.92. The highest BCUT2D eigenvalue weighted by Crippen LogP contribution is 2.43. The van der Waals surface area contributed by atoms with E-state index in [1.807, 2.05) is 0 Å². The molecule has 0 amide bonds. The molecule has 1 rings (SSSR count). The topological polar surface area (TPSA) is 55.8 Å². The fourth-order valence-electron chi connectivity index (χ4n) is 5.33. The lowest BCUT2D eigenvalue weighted by molar-refractivity contribution is -0.915. The van der Waals surface area contributed by atoms with Gasteiger partial charge in [0.1, 0.15) is 13.2 Å². The zero-order valence-electron chi connectivity index (χ0n) is 24.1.